The number of aliphatic hydroxyl groups is 2. The molecule has 1 amide bonds. The molecule has 2 aromatic carbocycles. The Balaban J connectivity index is 1.11. The van der Waals surface area contributed by atoms with Gasteiger partial charge in [0, 0.05) is 43.4 Å². The van der Waals surface area contributed by atoms with Crippen LogP contribution in [0, 0.1) is 0 Å². The van der Waals surface area contributed by atoms with Gasteiger partial charge in [0.25, 0.3) is 0 Å². The van der Waals surface area contributed by atoms with Crippen molar-refractivity contribution < 1.29 is 15.0 Å². The number of carbonyl (C=O) groups is 1. The van der Waals surface area contributed by atoms with Crippen LogP contribution < -0.4 is 5.32 Å². The Bertz CT molecular complexity index is 1020. The van der Waals surface area contributed by atoms with E-state index in [0.29, 0.717) is 32.5 Å². The highest BCUT2D eigenvalue weighted by atomic mass is 16.3. The summed E-state index contributed by atoms with van der Waals surface area (Å²) in [5, 5.41) is 25.7. The summed E-state index contributed by atoms with van der Waals surface area (Å²) in [5.41, 5.74) is 2.71. The van der Waals surface area contributed by atoms with Crippen LogP contribution in [0.3, 0.4) is 0 Å². The zero-order valence-corrected chi connectivity index (χ0v) is 19.7. The number of piperidine rings is 2. The number of anilines is 1. The van der Waals surface area contributed by atoms with Gasteiger partial charge >= 0.3 is 0 Å². The monoisotopic (exact) mass is 461 g/mol. The van der Waals surface area contributed by atoms with E-state index in [-0.39, 0.29) is 11.3 Å². The van der Waals surface area contributed by atoms with Crippen LogP contribution in [0.15, 0.2) is 60.7 Å². The number of β-amino-alcohol motifs (C(OH)–C–C–N with tert-alkyl or cyclic N) is 1. The van der Waals surface area contributed by atoms with E-state index in [1.165, 1.54) is 11.3 Å². The fraction of sp³-hybridized carbons (Fsp3) is 0.464. The predicted octanol–water partition coefficient (Wildman–Crippen LogP) is 2.87. The number of para-hydroxylation sites is 1. The number of benzene rings is 2. The lowest BCUT2D eigenvalue weighted by molar-refractivity contribution is -0.140. The van der Waals surface area contributed by atoms with E-state index in [2.05, 4.69) is 34.5 Å². The second kappa shape index (κ2) is 9.53. The van der Waals surface area contributed by atoms with E-state index in [9.17, 15) is 15.0 Å². The summed E-state index contributed by atoms with van der Waals surface area (Å²) in [6.45, 7) is 4.20. The van der Waals surface area contributed by atoms with Gasteiger partial charge in [0.1, 0.15) is 0 Å². The smallest absolute Gasteiger partial charge is 0.246 e. The molecule has 1 unspecified atom stereocenters. The summed E-state index contributed by atoms with van der Waals surface area (Å²) >= 11 is 0. The van der Waals surface area contributed by atoms with Crippen molar-refractivity contribution in [2.24, 2.45) is 0 Å². The molecule has 180 valence electrons. The first-order valence-electron chi connectivity index (χ1n) is 12.5. The molecule has 1 spiro atoms. The number of likely N-dealkylation sites (tertiary alicyclic amines) is 2. The number of nitrogens with one attached hydrogen (secondary N) is 1. The van der Waals surface area contributed by atoms with Gasteiger partial charge in [-0.3, -0.25) is 4.79 Å². The Hall–Kier alpha value is -2.67. The van der Waals surface area contributed by atoms with Gasteiger partial charge in [0.15, 0.2) is 0 Å². The van der Waals surface area contributed by atoms with Crippen molar-refractivity contribution in [3.8, 4) is 0 Å². The van der Waals surface area contributed by atoms with Crippen molar-refractivity contribution >= 4 is 17.7 Å². The van der Waals surface area contributed by atoms with E-state index >= 15 is 0 Å². The maximum atomic E-state index is 12.6. The van der Waals surface area contributed by atoms with Crippen LogP contribution in [0.4, 0.5) is 5.69 Å². The van der Waals surface area contributed by atoms with Crippen molar-refractivity contribution in [3.05, 3.63) is 71.8 Å². The molecule has 0 aliphatic carbocycles. The van der Waals surface area contributed by atoms with Gasteiger partial charge < -0.3 is 25.3 Å². The summed E-state index contributed by atoms with van der Waals surface area (Å²) < 4.78 is 0. The van der Waals surface area contributed by atoms with Crippen LogP contribution in [-0.4, -0.2) is 76.9 Å². The molecule has 3 aliphatic rings. The van der Waals surface area contributed by atoms with E-state index in [4.69, 9.17) is 0 Å². The normalized spacial score (nSPS) is 22.5. The Kier molecular flexibility index (Phi) is 6.47. The quantitative estimate of drug-likeness (QED) is 0.597. The number of fused-ring (bicyclic) bond motifs is 2. The average Bonchev–Trinajstić information content (AvgIpc) is 3.23. The molecular weight excluding hydrogens is 426 g/mol. The van der Waals surface area contributed by atoms with E-state index in [1.54, 1.807) is 11.0 Å². The Morgan fingerprint density at radius 1 is 0.971 bits per heavy atom. The molecule has 0 saturated carbocycles. The molecule has 1 atom stereocenters. The Morgan fingerprint density at radius 3 is 2.38 bits per heavy atom. The van der Waals surface area contributed by atoms with Crippen LogP contribution >= 0.6 is 0 Å². The van der Waals surface area contributed by atoms with Crippen LogP contribution in [0.1, 0.15) is 36.8 Å². The van der Waals surface area contributed by atoms with Gasteiger partial charge in [-0.05, 0) is 62.0 Å². The second-order valence-corrected chi connectivity index (χ2v) is 10.2. The molecule has 3 N–H and O–H groups in total. The summed E-state index contributed by atoms with van der Waals surface area (Å²) in [6, 6.07) is 18.3. The number of nitrogens with zero attached hydrogens (tertiary/aromatic N) is 2. The zero-order valence-electron chi connectivity index (χ0n) is 19.7. The molecule has 2 saturated heterocycles. The van der Waals surface area contributed by atoms with Gasteiger partial charge in [-0.1, -0.05) is 48.5 Å². The molecule has 5 rings (SSSR count). The minimum atomic E-state index is -1.14. The van der Waals surface area contributed by atoms with Crippen LogP contribution in [0.2, 0.25) is 0 Å². The molecule has 3 aliphatic heterocycles. The SMILES string of the molecule is O=C(/C=C/c1ccccc1)N1CCC(O)(C(O)CN2CCC3(CC2)CNc2ccccc23)CC1. The van der Waals surface area contributed by atoms with Crippen LogP contribution in [0.25, 0.3) is 6.08 Å². The molecule has 0 aromatic heterocycles. The number of rotatable bonds is 5. The average molecular weight is 462 g/mol. The summed E-state index contributed by atoms with van der Waals surface area (Å²) in [7, 11) is 0. The maximum absolute atomic E-state index is 12.6. The number of hydrogen-bond donors (Lipinski definition) is 3. The minimum Gasteiger partial charge on any atom is -0.389 e. The first kappa shape index (κ1) is 23.1. The number of amides is 1. The summed E-state index contributed by atoms with van der Waals surface area (Å²) in [4.78, 5) is 16.6. The first-order valence-corrected chi connectivity index (χ1v) is 12.5. The number of aliphatic hydroxyl groups excluding tert-OH is 1. The second-order valence-electron chi connectivity index (χ2n) is 10.2. The highest BCUT2D eigenvalue weighted by Crippen LogP contribution is 2.44. The molecule has 2 aromatic rings. The van der Waals surface area contributed by atoms with E-state index < -0.39 is 11.7 Å². The highest BCUT2D eigenvalue weighted by molar-refractivity contribution is 5.91. The predicted molar refractivity (Wildman–Crippen MR) is 135 cm³/mol. The van der Waals surface area contributed by atoms with Crippen LogP contribution in [0.5, 0.6) is 0 Å². The third kappa shape index (κ3) is 4.63. The minimum absolute atomic E-state index is 0.0489. The van der Waals surface area contributed by atoms with Crippen molar-refractivity contribution in [2.75, 3.05) is 44.6 Å². The molecule has 2 fully saturated rings. The standard InChI is InChI=1S/C28H35N3O3/c32-25(20-30-16-12-27(13-17-30)21-29-24-9-5-4-8-23(24)27)28(34)14-18-31(19-15-28)26(33)11-10-22-6-2-1-3-7-22/h1-11,25,29,32,34H,12-21H2/b11-10+. The molecule has 6 nitrogen and oxygen atoms in total. The fourth-order valence-electron chi connectivity index (χ4n) is 5.77. The topological polar surface area (TPSA) is 76.0 Å². The van der Waals surface area contributed by atoms with Crippen molar-refractivity contribution in [1.82, 2.24) is 9.80 Å². The molecule has 0 radical (unpaired) electrons. The lowest BCUT2D eigenvalue weighted by Gasteiger charge is -2.44. The molecule has 34 heavy (non-hydrogen) atoms. The largest absolute Gasteiger partial charge is 0.389 e. The van der Waals surface area contributed by atoms with Gasteiger partial charge in [0.05, 0.1) is 11.7 Å². The van der Waals surface area contributed by atoms with Crippen molar-refractivity contribution in [3.63, 3.8) is 0 Å². The first-order chi connectivity index (χ1) is 16.5. The molecule has 6 heteroatoms. The molecule has 3 heterocycles. The van der Waals surface area contributed by atoms with Crippen molar-refractivity contribution in [2.45, 2.75) is 42.8 Å². The Morgan fingerprint density at radius 2 is 1.65 bits per heavy atom. The van der Waals surface area contributed by atoms with Crippen LogP contribution in [-0.2, 0) is 10.2 Å². The Labute approximate surface area is 201 Å². The lowest BCUT2D eigenvalue weighted by atomic mass is 9.74. The van der Waals surface area contributed by atoms with Gasteiger partial charge in [-0.25, -0.2) is 0 Å². The third-order valence-electron chi connectivity index (χ3n) is 8.14. The van der Waals surface area contributed by atoms with E-state index in [0.717, 1.165) is 38.0 Å². The number of hydrogen-bond acceptors (Lipinski definition) is 5. The molecule has 0 bridgehead atoms. The zero-order chi connectivity index (χ0) is 23.6. The third-order valence-corrected chi connectivity index (χ3v) is 8.14. The lowest BCUT2D eigenvalue weighted by Crippen LogP contribution is -2.56. The summed E-state index contributed by atoms with van der Waals surface area (Å²) in [5.74, 6) is -0.0489. The highest BCUT2D eigenvalue weighted by Gasteiger charge is 2.44. The summed E-state index contributed by atoms with van der Waals surface area (Å²) in [6.07, 6.45) is 5.50. The van der Waals surface area contributed by atoms with Crippen molar-refractivity contribution in [1.29, 1.82) is 0 Å². The fourth-order valence-corrected chi connectivity index (χ4v) is 5.77. The van der Waals surface area contributed by atoms with Gasteiger partial charge in [0.2, 0.25) is 5.91 Å². The maximum Gasteiger partial charge on any atom is 0.246 e. The number of carbonyl (C=O) groups excluding carboxylic acids is 1. The van der Waals surface area contributed by atoms with Gasteiger partial charge in [-0.15, -0.1) is 0 Å². The molecular formula is C28H35N3O3. The van der Waals surface area contributed by atoms with E-state index in [1.807, 2.05) is 36.4 Å². The van der Waals surface area contributed by atoms with Gasteiger partial charge in [-0.2, -0.15) is 0 Å².